The van der Waals surface area contributed by atoms with Crippen LogP contribution in [-0.2, 0) is 4.79 Å². The quantitative estimate of drug-likeness (QED) is 0.891. The molecule has 1 aliphatic rings. The smallest absolute Gasteiger partial charge is 0.239 e. The summed E-state index contributed by atoms with van der Waals surface area (Å²) in [4.78, 5) is 16.6. The van der Waals surface area contributed by atoms with Gasteiger partial charge in [0.15, 0.2) is 0 Å². The predicted molar refractivity (Wildman–Crippen MR) is 96.5 cm³/mol. The minimum Gasteiger partial charge on any atom is -0.495 e. The molecule has 6 heteroatoms. The van der Waals surface area contributed by atoms with Gasteiger partial charge in [0.05, 0.1) is 18.8 Å². The van der Waals surface area contributed by atoms with Gasteiger partial charge in [0, 0.05) is 26.2 Å². The Morgan fingerprint density at radius 2 is 1.87 bits per heavy atom. The second-order valence-electron chi connectivity index (χ2n) is 5.90. The van der Waals surface area contributed by atoms with Crippen molar-refractivity contribution in [3.63, 3.8) is 0 Å². The summed E-state index contributed by atoms with van der Waals surface area (Å²) in [6, 6.07) is 7.61. The van der Waals surface area contributed by atoms with Crippen LogP contribution in [0.5, 0.6) is 5.75 Å². The maximum Gasteiger partial charge on any atom is 0.239 e. The van der Waals surface area contributed by atoms with E-state index in [1.165, 1.54) is 0 Å². The van der Waals surface area contributed by atoms with Gasteiger partial charge in [0.1, 0.15) is 5.75 Å². The van der Waals surface area contributed by atoms with Crippen molar-refractivity contribution in [3.8, 4) is 5.75 Å². The van der Waals surface area contributed by atoms with E-state index >= 15 is 0 Å². The van der Waals surface area contributed by atoms with Gasteiger partial charge in [-0.3, -0.25) is 4.79 Å². The number of nitrogens with zero attached hydrogens (tertiary/aromatic N) is 2. The normalized spacial score (nSPS) is 17.2. The second-order valence-corrected chi connectivity index (χ2v) is 5.90. The SMILES string of the molecule is CCC(C)C(N)C(=O)N1CCN(c2ccccc2OC)CC1.Cl. The number of amides is 1. The Bertz CT molecular complexity index is 504. The van der Waals surface area contributed by atoms with Crippen LogP contribution >= 0.6 is 12.4 Å². The maximum absolute atomic E-state index is 12.4. The summed E-state index contributed by atoms with van der Waals surface area (Å²) in [7, 11) is 1.68. The summed E-state index contributed by atoms with van der Waals surface area (Å²) in [6.07, 6.45) is 0.925. The summed E-state index contributed by atoms with van der Waals surface area (Å²) in [5.41, 5.74) is 7.16. The summed E-state index contributed by atoms with van der Waals surface area (Å²) in [5.74, 6) is 1.17. The highest BCUT2D eigenvalue weighted by Gasteiger charge is 2.28. The maximum atomic E-state index is 12.4. The number of halogens is 1. The second kappa shape index (κ2) is 8.99. The number of methoxy groups -OCH3 is 1. The van der Waals surface area contributed by atoms with Crippen molar-refractivity contribution in [2.45, 2.75) is 26.3 Å². The summed E-state index contributed by atoms with van der Waals surface area (Å²) < 4.78 is 5.41. The zero-order chi connectivity index (χ0) is 16.1. The molecule has 2 rings (SSSR count). The molecule has 2 N–H and O–H groups in total. The average Bonchev–Trinajstić information content (AvgIpc) is 2.59. The first kappa shape index (κ1) is 19.6. The fraction of sp³-hybridized carbons (Fsp3) is 0.588. The summed E-state index contributed by atoms with van der Waals surface area (Å²) in [5, 5.41) is 0. The monoisotopic (exact) mass is 341 g/mol. The van der Waals surface area contributed by atoms with Crippen LogP contribution in [0.25, 0.3) is 0 Å². The highest BCUT2D eigenvalue weighted by Crippen LogP contribution is 2.28. The Hall–Kier alpha value is -1.46. The van der Waals surface area contributed by atoms with E-state index in [2.05, 4.69) is 17.9 Å². The van der Waals surface area contributed by atoms with Gasteiger partial charge >= 0.3 is 0 Å². The molecule has 1 saturated heterocycles. The van der Waals surface area contributed by atoms with Gasteiger partial charge in [-0.15, -0.1) is 12.4 Å². The van der Waals surface area contributed by atoms with Crippen LogP contribution in [0.4, 0.5) is 5.69 Å². The number of hydrogen-bond donors (Lipinski definition) is 1. The number of carbonyl (C=O) groups excluding carboxylic acids is 1. The first-order chi connectivity index (χ1) is 10.6. The molecule has 2 atom stereocenters. The molecule has 0 bridgehead atoms. The zero-order valence-corrected chi connectivity index (χ0v) is 15.0. The van der Waals surface area contributed by atoms with Gasteiger partial charge < -0.3 is 20.3 Å². The fourth-order valence-electron chi connectivity index (χ4n) is 2.77. The molecule has 0 saturated carbocycles. The number of benzene rings is 1. The lowest BCUT2D eigenvalue weighted by molar-refractivity contribution is -0.134. The van der Waals surface area contributed by atoms with Crippen molar-refractivity contribution in [1.29, 1.82) is 0 Å². The van der Waals surface area contributed by atoms with Gasteiger partial charge in [-0.1, -0.05) is 32.4 Å². The molecule has 0 spiro atoms. The summed E-state index contributed by atoms with van der Waals surface area (Å²) in [6.45, 7) is 7.13. The lowest BCUT2D eigenvalue weighted by Crippen LogP contribution is -2.54. The topological polar surface area (TPSA) is 58.8 Å². The van der Waals surface area contributed by atoms with Gasteiger partial charge in [-0.05, 0) is 18.1 Å². The van der Waals surface area contributed by atoms with Crippen LogP contribution in [0.3, 0.4) is 0 Å². The Morgan fingerprint density at radius 3 is 2.43 bits per heavy atom. The van der Waals surface area contributed by atoms with Crippen LogP contribution < -0.4 is 15.4 Å². The Morgan fingerprint density at radius 1 is 1.26 bits per heavy atom. The van der Waals surface area contributed by atoms with E-state index in [0.717, 1.165) is 30.9 Å². The molecule has 5 nitrogen and oxygen atoms in total. The third kappa shape index (κ3) is 4.52. The lowest BCUT2D eigenvalue weighted by Gasteiger charge is -2.38. The molecule has 1 aromatic carbocycles. The number of para-hydroxylation sites is 2. The van der Waals surface area contributed by atoms with E-state index in [-0.39, 0.29) is 30.3 Å². The third-order valence-corrected chi connectivity index (χ3v) is 4.56. The highest BCUT2D eigenvalue weighted by atomic mass is 35.5. The van der Waals surface area contributed by atoms with E-state index in [4.69, 9.17) is 10.5 Å². The molecule has 1 aliphatic heterocycles. The Balaban J connectivity index is 0.00000264. The number of carbonyl (C=O) groups is 1. The van der Waals surface area contributed by atoms with Crippen LogP contribution in [-0.4, -0.2) is 50.1 Å². The van der Waals surface area contributed by atoms with Crippen LogP contribution in [0.2, 0.25) is 0 Å². The average molecular weight is 342 g/mol. The van der Waals surface area contributed by atoms with Crippen LogP contribution in [0.1, 0.15) is 20.3 Å². The van der Waals surface area contributed by atoms with Gasteiger partial charge in [-0.25, -0.2) is 0 Å². The highest BCUT2D eigenvalue weighted by molar-refractivity contribution is 5.85. The minimum atomic E-state index is -0.386. The van der Waals surface area contributed by atoms with E-state index in [1.54, 1.807) is 7.11 Å². The first-order valence-electron chi connectivity index (χ1n) is 8.00. The largest absolute Gasteiger partial charge is 0.495 e. The van der Waals surface area contributed by atoms with Crippen molar-refractivity contribution in [2.24, 2.45) is 11.7 Å². The molecule has 2 unspecified atom stereocenters. The number of rotatable bonds is 5. The van der Waals surface area contributed by atoms with E-state index in [0.29, 0.717) is 13.1 Å². The molecule has 0 radical (unpaired) electrons. The van der Waals surface area contributed by atoms with Crippen molar-refractivity contribution >= 4 is 24.0 Å². The summed E-state index contributed by atoms with van der Waals surface area (Å²) >= 11 is 0. The van der Waals surface area contributed by atoms with Crippen molar-refractivity contribution in [1.82, 2.24) is 4.90 Å². The fourth-order valence-corrected chi connectivity index (χ4v) is 2.77. The van der Waals surface area contributed by atoms with E-state index in [1.807, 2.05) is 30.0 Å². The van der Waals surface area contributed by atoms with Gasteiger partial charge in [-0.2, -0.15) is 0 Å². The number of nitrogens with two attached hydrogens (primary N) is 1. The minimum absolute atomic E-state index is 0. The molecule has 1 amide bonds. The molecule has 1 heterocycles. The number of anilines is 1. The van der Waals surface area contributed by atoms with Crippen molar-refractivity contribution < 1.29 is 9.53 Å². The molecule has 1 aromatic rings. The lowest BCUT2D eigenvalue weighted by atomic mass is 9.98. The standard InChI is InChI=1S/C17H27N3O2.ClH/c1-4-13(2)16(18)17(21)20-11-9-19(10-12-20)14-7-5-6-8-15(14)22-3;/h5-8,13,16H,4,9-12,18H2,1-3H3;1H. The van der Waals surface area contributed by atoms with Crippen LogP contribution in [0.15, 0.2) is 24.3 Å². The van der Waals surface area contributed by atoms with E-state index < -0.39 is 0 Å². The number of ether oxygens (including phenoxy) is 1. The molecular formula is C17H28ClN3O2. The van der Waals surface area contributed by atoms with E-state index in [9.17, 15) is 4.79 Å². The first-order valence-corrected chi connectivity index (χ1v) is 8.00. The van der Waals surface area contributed by atoms with Crippen molar-refractivity contribution in [3.05, 3.63) is 24.3 Å². The van der Waals surface area contributed by atoms with Crippen LogP contribution in [0, 0.1) is 5.92 Å². The Labute approximate surface area is 145 Å². The number of hydrogen-bond acceptors (Lipinski definition) is 4. The zero-order valence-electron chi connectivity index (χ0n) is 14.2. The predicted octanol–water partition coefficient (Wildman–Crippen LogP) is 2.14. The molecular weight excluding hydrogens is 314 g/mol. The van der Waals surface area contributed by atoms with Crippen molar-refractivity contribution in [2.75, 3.05) is 38.2 Å². The third-order valence-electron chi connectivity index (χ3n) is 4.56. The number of piperazine rings is 1. The van der Waals surface area contributed by atoms with Gasteiger partial charge in [0.2, 0.25) is 5.91 Å². The molecule has 1 fully saturated rings. The molecule has 0 aliphatic carbocycles. The molecule has 0 aromatic heterocycles. The molecule has 130 valence electrons. The molecule has 23 heavy (non-hydrogen) atoms. The van der Waals surface area contributed by atoms with Gasteiger partial charge in [0.25, 0.3) is 0 Å². The Kier molecular flexibility index (Phi) is 7.65.